The number of benzene rings is 2. The van der Waals surface area contributed by atoms with E-state index >= 15 is 0 Å². The molecule has 6 heteroatoms. The molecule has 0 bridgehead atoms. The highest BCUT2D eigenvalue weighted by Gasteiger charge is 2.07. The standard InChI is InChI=1S/C24H27N3O3/c1-17-10-13-26-21(14-17)15-24(30)27-20-6-2-18(3-7-20)11-12-25-16-23(29)19-4-8-22(28)9-5-19/h2-10,13-14,23,25,28-29H,11-12,15-16H2,1H3,(H,27,30). The van der Waals surface area contributed by atoms with Crippen LogP contribution in [-0.4, -0.2) is 34.2 Å². The summed E-state index contributed by atoms with van der Waals surface area (Å²) < 4.78 is 0. The van der Waals surface area contributed by atoms with Gasteiger partial charge in [0.05, 0.1) is 12.5 Å². The second-order valence-electron chi connectivity index (χ2n) is 7.31. The van der Waals surface area contributed by atoms with Crippen LogP contribution in [0.4, 0.5) is 5.69 Å². The van der Waals surface area contributed by atoms with Crippen molar-refractivity contribution in [3.63, 3.8) is 0 Å². The number of carbonyl (C=O) groups excluding carboxylic acids is 1. The number of hydrogen-bond donors (Lipinski definition) is 4. The number of hydrogen-bond acceptors (Lipinski definition) is 5. The first kappa shape index (κ1) is 21.5. The van der Waals surface area contributed by atoms with Crippen LogP contribution in [-0.2, 0) is 17.6 Å². The van der Waals surface area contributed by atoms with Gasteiger partial charge >= 0.3 is 0 Å². The van der Waals surface area contributed by atoms with Crippen LogP contribution in [0.2, 0.25) is 0 Å². The predicted octanol–water partition coefficient (Wildman–Crippen LogP) is 3.14. The number of aromatic nitrogens is 1. The van der Waals surface area contributed by atoms with Crippen molar-refractivity contribution in [3.8, 4) is 5.75 Å². The van der Waals surface area contributed by atoms with Crippen molar-refractivity contribution < 1.29 is 15.0 Å². The molecule has 0 aliphatic rings. The number of aliphatic hydroxyl groups is 1. The van der Waals surface area contributed by atoms with Crippen LogP contribution in [0.15, 0.2) is 66.9 Å². The average Bonchev–Trinajstić information content (AvgIpc) is 2.72. The highest BCUT2D eigenvalue weighted by Crippen LogP contribution is 2.16. The lowest BCUT2D eigenvalue weighted by atomic mass is 10.1. The van der Waals surface area contributed by atoms with E-state index in [2.05, 4.69) is 15.6 Å². The van der Waals surface area contributed by atoms with Crippen molar-refractivity contribution >= 4 is 11.6 Å². The molecule has 1 heterocycles. The molecule has 0 radical (unpaired) electrons. The summed E-state index contributed by atoms with van der Waals surface area (Å²) >= 11 is 0. The SMILES string of the molecule is Cc1ccnc(CC(=O)Nc2ccc(CCNCC(O)c3ccc(O)cc3)cc2)c1. The van der Waals surface area contributed by atoms with E-state index in [9.17, 15) is 15.0 Å². The Morgan fingerprint density at radius 2 is 1.80 bits per heavy atom. The second kappa shape index (κ2) is 10.5. The van der Waals surface area contributed by atoms with E-state index in [0.717, 1.165) is 41.0 Å². The zero-order valence-electron chi connectivity index (χ0n) is 17.0. The maximum Gasteiger partial charge on any atom is 0.230 e. The zero-order valence-corrected chi connectivity index (χ0v) is 17.0. The van der Waals surface area contributed by atoms with Crippen molar-refractivity contribution in [1.29, 1.82) is 0 Å². The van der Waals surface area contributed by atoms with Gasteiger partial charge in [-0.05, 0) is 73.0 Å². The maximum atomic E-state index is 12.2. The summed E-state index contributed by atoms with van der Waals surface area (Å²) in [4.78, 5) is 16.4. The summed E-state index contributed by atoms with van der Waals surface area (Å²) in [6.07, 6.45) is 2.15. The smallest absolute Gasteiger partial charge is 0.230 e. The Morgan fingerprint density at radius 1 is 1.07 bits per heavy atom. The molecular formula is C24H27N3O3. The van der Waals surface area contributed by atoms with Crippen LogP contribution >= 0.6 is 0 Å². The number of carbonyl (C=O) groups is 1. The monoisotopic (exact) mass is 405 g/mol. The molecule has 0 saturated carbocycles. The molecule has 4 N–H and O–H groups in total. The number of phenols is 1. The molecule has 1 aromatic heterocycles. The fraction of sp³-hybridized carbons (Fsp3) is 0.250. The Balaban J connectivity index is 1.40. The fourth-order valence-corrected chi connectivity index (χ4v) is 3.11. The van der Waals surface area contributed by atoms with Crippen LogP contribution in [0.1, 0.15) is 28.5 Å². The summed E-state index contributed by atoms with van der Waals surface area (Å²) in [6.45, 7) is 3.14. The van der Waals surface area contributed by atoms with E-state index in [4.69, 9.17) is 0 Å². The molecule has 156 valence electrons. The van der Waals surface area contributed by atoms with E-state index in [1.54, 1.807) is 30.5 Å². The first-order chi connectivity index (χ1) is 14.5. The number of anilines is 1. The van der Waals surface area contributed by atoms with Crippen molar-refractivity contribution in [2.45, 2.75) is 25.9 Å². The highest BCUT2D eigenvalue weighted by molar-refractivity contribution is 5.92. The number of aromatic hydroxyl groups is 1. The van der Waals surface area contributed by atoms with Gasteiger partial charge in [-0.2, -0.15) is 0 Å². The number of amides is 1. The van der Waals surface area contributed by atoms with Gasteiger partial charge in [-0.3, -0.25) is 9.78 Å². The number of aliphatic hydroxyl groups excluding tert-OH is 1. The predicted molar refractivity (Wildman–Crippen MR) is 117 cm³/mol. The topological polar surface area (TPSA) is 94.5 Å². The minimum absolute atomic E-state index is 0.0919. The molecule has 0 fully saturated rings. The lowest BCUT2D eigenvalue weighted by molar-refractivity contribution is -0.115. The Bertz CT molecular complexity index is 956. The molecule has 1 amide bonds. The first-order valence-electron chi connectivity index (χ1n) is 9.97. The third-order valence-corrected chi connectivity index (χ3v) is 4.76. The molecule has 1 unspecified atom stereocenters. The number of aryl methyl sites for hydroxylation is 1. The van der Waals surface area contributed by atoms with Gasteiger partial charge in [0.25, 0.3) is 0 Å². The molecule has 2 aromatic carbocycles. The minimum atomic E-state index is -0.619. The first-order valence-corrected chi connectivity index (χ1v) is 9.97. The fourth-order valence-electron chi connectivity index (χ4n) is 3.11. The third-order valence-electron chi connectivity index (χ3n) is 4.76. The van der Waals surface area contributed by atoms with Gasteiger partial charge in [0, 0.05) is 24.1 Å². The van der Waals surface area contributed by atoms with Gasteiger partial charge in [0.1, 0.15) is 5.75 Å². The van der Waals surface area contributed by atoms with E-state index in [1.807, 2.05) is 43.3 Å². The quantitative estimate of drug-likeness (QED) is 0.410. The number of phenolic OH excluding ortho intramolecular Hbond substituents is 1. The lowest BCUT2D eigenvalue weighted by Crippen LogP contribution is -2.23. The lowest BCUT2D eigenvalue weighted by Gasteiger charge is -2.12. The Kier molecular flexibility index (Phi) is 7.54. The largest absolute Gasteiger partial charge is 0.508 e. The van der Waals surface area contributed by atoms with E-state index in [1.165, 1.54) is 0 Å². The van der Waals surface area contributed by atoms with Gasteiger partial charge in [-0.15, -0.1) is 0 Å². The summed E-state index contributed by atoms with van der Waals surface area (Å²) in [5.74, 6) is 0.0936. The molecule has 3 rings (SSSR count). The summed E-state index contributed by atoms with van der Waals surface area (Å²) in [5.41, 5.74) is 4.50. The van der Waals surface area contributed by atoms with Crippen LogP contribution in [0.25, 0.3) is 0 Å². The van der Waals surface area contributed by atoms with E-state index in [0.29, 0.717) is 6.54 Å². The number of nitrogens with zero attached hydrogens (tertiary/aromatic N) is 1. The minimum Gasteiger partial charge on any atom is -0.508 e. The van der Waals surface area contributed by atoms with Crippen LogP contribution in [0, 0.1) is 6.92 Å². The Hall–Kier alpha value is -3.22. The molecule has 0 aliphatic heterocycles. The van der Waals surface area contributed by atoms with Crippen molar-refractivity contribution in [3.05, 3.63) is 89.2 Å². The second-order valence-corrected chi connectivity index (χ2v) is 7.31. The summed E-state index contributed by atoms with van der Waals surface area (Å²) in [5, 5.41) is 25.6. The van der Waals surface area contributed by atoms with Gasteiger partial charge in [-0.1, -0.05) is 24.3 Å². The molecule has 1 atom stereocenters. The molecular weight excluding hydrogens is 378 g/mol. The maximum absolute atomic E-state index is 12.2. The van der Waals surface area contributed by atoms with Gasteiger partial charge in [0.2, 0.25) is 5.91 Å². The number of nitrogens with one attached hydrogen (secondary N) is 2. The van der Waals surface area contributed by atoms with Crippen LogP contribution < -0.4 is 10.6 Å². The molecule has 0 saturated heterocycles. The van der Waals surface area contributed by atoms with Crippen LogP contribution in [0.5, 0.6) is 5.75 Å². The number of pyridine rings is 1. The molecule has 0 spiro atoms. The Morgan fingerprint density at radius 3 is 2.50 bits per heavy atom. The summed E-state index contributed by atoms with van der Waals surface area (Å²) in [7, 11) is 0. The third kappa shape index (κ3) is 6.69. The normalized spacial score (nSPS) is 11.8. The van der Waals surface area contributed by atoms with Gasteiger partial charge in [0.15, 0.2) is 0 Å². The molecule has 6 nitrogen and oxygen atoms in total. The Labute approximate surface area is 176 Å². The highest BCUT2D eigenvalue weighted by atomic mass is 16.3. The molecule has 30 heavy (non-hydrogen) atoms. The van der Waals surface area contributed by atoms with Crippen molar-refractivity contribution in [2.24, 2.45) is 0 Å². The molecule has 0 aliphatic carbocycles. The van der Waals surface area contributed by atoms with Crippen molar-refractivity contribution in [1.82, 2.24) is 10.3 Å². The van der Waals surface area contributed by atoms with Gasteiger partial charge in [-0.25, -0.2) is 0 Å². The summed E-state index contributed by atoms with van der Waals surface area (Å²) in [6, 6.07) is 18.1. The van der Waals surface area contributed by atoms with E-state index < -0.39 is 6.10 Å². The van der Waals surface area contributed by atoms with E-state index in [-0.39, 0.29) is 18.1 Å². The number of rotatable bonds is 9. The van der Waals surface area contributed by atoms with Gasteiger partial charge < -0.3 is 20.8 Å². The van der Waals surface area contributed by atoms with Crippen molar-refractivity contribution in [2.75, 3.05) is 18.4 Å². The average molecular weight is 405 g/mol. The zero-order chi connectivity index (χ0) is 21.3. The molecule has 3 aromatic rings. The van der Waals surface area contributed by atoms with Crippen LogP contribution in [0.3, 0.4) is 0 Å².